The third-order valence-corrected chi connectivity index (χ3v) is 8.38. The van der Waals surface area contributed by atoms with E-state index in [1.807, 2.05) is 0 Å². The van der Waals surface area contributed by atoms with Crippen molar-refractivity contribution in [3.8, 4) is 0 Å². The van der Waals surface area contributed by atoms with Gasteiger partial charge in [-0.15, -0.1) is 0 Å². The molecule has 7 heteroatoms. The Balaban J connectivity index is 2.94. The van der Waals surface area contributed by atoms with Gasteiger partial charge in [0.15, 0.2) is 8.32 Å². The van der Waals surface area contributed by atoms with E-state index in [0.717, 1.165) is 11.5 Å². The summed E-state index contributed by atoms with van der Waals surface area (Å²) in [7, 11) is -0.228. The SMILES string of the molecule is Bc1cnc(C(F)(F)F)cc1CO[Si](C)(C)C(C)(C)C. The number of rotatable bonds is 3. The Morgan fingerprint density at radius 1 is 1.25 bits per heavy atom. The van der Waals surface area contributed by atoms with E-state index in [1.54, 1.807) is 7.85 Å². The predicted molar refractivity (Wildman–Crippen MR) is 79.4 cm³/mol. The molecule has 20 heavy (non-hydrogen) atoms. The minimum atomic E-state index is -4.42. The molecule has 0 saturated heterocycles. The largest absolute Gasteiger partial charge is 0.433 e. The number of nitrogens with zero attached hydrogens (tertiary/aromatic N) is 1. The van der Waals surface area contributed by atoms with Crippen molar-refractivity contribution < 1.29 is 17.6 Å². The average molecular weight is 303 g/mol. The maximum absolute atomic E-state index is 12.7. The smallest absolute Gasteiger partial charge is 0.413 e. The van der Waals surface area contributed by atoms with E-state index >= 15 is 0 Å². The fourth-order valence-corrected chi connectivity index (χ4v) is 2.30. The lowest BCUT2D eigenvalue weighted by atomic mass is 9.92. The molecule has 0 aliphatic carbocycles. The van der Waals surface area contributed by atoms with Crippen LogP contribution in [0.2, 0.25) is 18.1 Å². The molecular formula is C13H21BF3NOSi. The molecule has 0 radical (unpaired) electrons. The van der Waals surface area contributed by atoms with Crippen LogP contribution in [0.25, 0.3) is 0 Å². The lowest BCUT2D eigenvalue weighted by Gasteiger charge is -2.36. The van der Waals surface area contributed by atoms with Crippen molar-refractivity contribution in [3.05, 3.63) is 23.5 Å². The highest BCUT2D eigenvalue weighted by Gasteiger charge is 2.37. The molecule has 112 valence electrons. The summed E-state index contributed by atoms with van der Waals surface area (Å²) in [5, 5.41) is 0.0286. The van der Waals surface area contributed by atoms with E-state index in [9.17, 15) is 13.2 Å². The van der Waals surface area contributed by atoms with E-state index in [0.29, 0.717) is 5.56 Å². The number of aromatic nitrogens is 1. The average Bonchev–Trinajstić information content (AvgIpc) is 2.24. The van der Waals surface area contributed by atoms with Crippen LogP contribution in [0.4, 0.5) is 13.2 Å². The normalized spacial score (nSPS) is 13.6. The molecule has 0 aliphatic rings. The summed E-state index contributed by atoms with van der Waals surface area (Å²) >= 11 is 0. The number of halogens is 3. The van der Waals surface area contributed by atoms with Crippen LogP contribution in [0.1, 0.15) is 32.0 Å². The van der Waals surface area contributed by atoms with Crippen LogP contribution < -0.4 is 5.46 Å². The summed E-state index contributed by atoms with van der Waals surface area (Å²) in [6.07, 6.45) is -3.16. The molecule has 1 heterocycles. The standard InChI is InChI=1S/C13H21BF3NOSi/c1-12(2,3)20(4,5)19-8-9-6-11(13(15,16)17)18-7-10(9)14/h6-7H,8,14H2,1-5H3. The monoisotopic (exact) mass is 303 g/mol. The van der Waals surface area contributed by atoms with Gasteiger partial charge in [0.05, 0.1) is 6.61 Å². The molecule has 0 aliphatic heterocycles. The van der Waals surface area contributed by atoms with Crippen molar-refractivity contribution in [1.29, 1.82) is 0 Å². The summed E-state index contributed by atoms with van der Waals surface area (Å²) in [4.78, 5) is 3.43. The van der Waals surface area contributed by atoms with Gasteiger partial charge in [-0.2, -0.15) is 13.2 Å². The van der Waals surface area contributed by atoms with Crippen LogP contribution in [-0.4, -0.2) is 21.1 Å². The molecule has 0 spiro atoms. The van der Waals surface area contributed by atoms with Crippen molar-refractivity contribution in [3.63, 3.8) is 0 Å². The van der Waals surface area contributed by atoms with Crippen LogP contribution in [0.3, 0.4) is 0 Å². The Bertz CT molecular complexity index is 483. The second-order valence-corrected chi connectivity index (χ2v) is 11.4. The fourth-order valence-electron chi connectivity index (χ4n) is 1.35. The molecule has 0 N–H and O–H groups in total. The molecule has 0 amide bonds. The first-order valence-corrected chi connectivity index (χ1v) is 9.42. The van der Waals surface area contributed by atoms with Gasteiger partial charge in [0.2, 0.25) is 0 Å². The molecule has 1 aromatic heterocycles. The van der Waals surface area contributed by atoms with Gasteiger partial charge in [-0.3, -0.25) is 4.98 Å². The summed E-state index contributed by atoms with van der Waals surface area (Å²) in [6, 6.07) is 1.09. The Labute approximate surface area is 120 Å². The van der Waals surface area contributed by atoms with Gasteiger partial charge in [-0.05, 0) is 29.8 Å². The van der Waals surface area contributed by atoms with Crippen molar-refractivity contribution in [2.75, 3.05) is 0 Å². The van der Waals surface area contributed by atoms with Crippen LogP contribution >= 0.6 is 0 Å². The van der Waals surface area contributed by atoms with Crippen LogP contribution in [0.15, 0.2) is 12.3 Å². The molecular weight excluding hydrogens is 282 g/mol. The van der Waals surface area contributed by atoms with E-state index < -0.39 is 20.2 Å². The van der Waals surface area contributed by atoms with Gasteiger partial charge in [0.25, 0.3) is 0 Å². The second-order valence-electron chi connectivity index (χ2n) is 6.54. The quantitative estimate of drug-likeness (QED) is 0.801. The van der Waals surface area contributed by atoms with Crippen LogP contribution in [-0.2, 0) is 17.2 Å². The molecule has 0 unspecified atom stereocenters. The first kappa shape index (κ1) is 17.2. The van der Waals surface area contributed by atoms with Gasteiger partial charge in [0, 0.05) is 6.20 Å². The van der Waals surface area contributed by atoms with Crippen LogP contribution in [0, 0.1) is 0 Å². The van der Waals surface area contributed by atoms with E-state index in [1.165, 1.54) is 6.20 Å². The molecule has 0 atom stereocenters. The summed E-state index contributed by atoms with van der Waals surface area (Å²) in [6.45, 7) is 10.6. The number of hydrogen-bond acceptors (Lipinski definition) is 2. The van der Waals surface area contributed by atoms with E-state index in [-0.39, 0.29) is 11.6 Å². The Morgan fingerprint density at radius 2 is 1.80 bits per heavy atom. The van der Waals surface area contributed by atoms with Gasteiger partial charge in [-0.1, -0.05) is 26.2 Å². The molecule has 1 aromatic rings. The maximum Gasteiger partial charge on any atom is 0.433 e. The molecule has 2 nitrogen and oxygen atoms in total. The van der Waals surface area contributed by atoms with E-state index in [2.05, 4.69) is 38.8 Å². The van der Waals surface area contributed by atoms with Crippen molar-refractivity contribution >= 4 is 21.6 Å². The van der Waals surface area contributed by atoms with Gasteiger partial charge < -0.3 is 4.43 Å². The molecule has 0 aromatic carbocycles. The predicted octanol–water partition coefficient (Wildman–Crippen LogP) is 2.88. The van der Waals surface area contributed by atoms with Gasteiger partial charge >= 0.3 is 6.18 Å². The third-order valence-electron chi connectivity index (χ3n) is 3.90. The lowest BCUT2D eigenvalue weighted by molar-refractivity contribution is -0.141. The third kappa shape index (κ3) is 4.09. The minimum absolute atomic E-state index is 0.0286. The molecule has 0 fully saturated rings. The Morgan fingerprint density at radius 3 is 2.25 bits per heavy atom. The lowest BCUT2D eigenvalue weighted by Crippen LogP contribution is -2.41. The summed E-state index contributed by atoms with van der Waals surface area (Å²) in [5.74, 6) is 0. The van der Waals surface area contributed by atoms with E-state index in [4.69, 9.17) is 4.43 Å². The molecule has 1 rings (SSSR count). The van der Waals surface area contributed by atoms with Crippen LogP contribution in [0.5, 0.6) is 0 Å². The highest BCUT2D eigenvalue weighted by atomic mass is 28.4. The highest BCUT2D eigenvalue weighted by molar-refractivity contribution is 6.74. The first-order valence-electron chi connectivity index (χ1n) is 6.51. The zero-order chi connectivity index (χ0) is 15.8. The minimum Gasteiger partial charge on any atom is -0.413 e. The van der Waals surface area contributed by atoms with Gasteiger partial charge in [-0.25, -0.2) is 0 Å². The second kappa shape index (κ2) is 5.52. The highest BCUT2D eigenvalue weighted by Crippen LogP contribution is 2.37. The Hall–Kier alpha value is -0.818. The Kier molecular flexibility index (Phi) is 4.76. The molecule has 0 bridgehead atoms. The molecule has 0 saturated carbocycles. The zero-order valence-electron chi connectivity index (χ0n) is 12.9. The van der Waals surface area contributed by atoms with Crippen molar-refractivity contribution in [1.82, 2.24) is 4.98 Å². The topological polar surface area (TPSA) is 22.1 Å². The fraction of sp³-hybridized carbons (Fsp3) is 0.615. The van der Waals surface area contributed by atoms with Gasteiger partial charge in [0.1, 0.15) is 13.5 Å². The summed E-state index contributed by atoms with van der Waals surface area (Å²) in [5.41, 5.74) is 0.408. The zero-order valence-corrected chi connectivity index (χ0v) is 13.9. The number of hydrogen-bond donors (Lipinski definition) is 0. The maximum atomic E-state index is 12.7. The summed E-state index contributed by atoms with van der Waals surface area (Å²) < 4.78 is 44.0. The number of pyridine rings is 1. The number of alkyl halides is 3. The van der Waals surface area contributed by atoms with Crippen molar-refractivity contribution in [2.24, 2.45) is 0 Å². The first-order chi connectivity index (χ1) is 8.84. The van der Waals surface area contributed by atoms with Crippen molar-refractivity contribution in [2.45, 2.75) is 51.7 Å².